The van der Waals surface area contributed by atoms with Gasteiger partial charge in [0.25, 0.3) is 5.91 Å². The van der Waals surface area contributed by atoms with Gasteiger partial charge >= 0.3 is 0 Å². The quantitative estimate of drug-likeness (QED) is 0.110. The summed E-state index contributed by atoms with van der Waals surface area (Å²) in [6.07, 6.45) is 3.42. The molecule has 3 aromatic carbocycles. The van der Waals surface area contributed by atoms with Crippen LogP contribution >= 0.6 is 0 Å². The van der Waals surface area contributed by atoms with Crippen molar-refractivity contribution in [3.05, 3.63) is 94.3 Å². The predicted molar refractivity (Wildman–Crippen MR) is 214 cm³/mol. The van der Waals surface area contributed by atoms with Crippen molar-refractivity contribution < 1.29 is 28.7 Å². The molecule has 0 radical (unpaired) electrons. The van der Waals surface area contributed by atoms with Crippen LogP contribution in [0.25, 0.3) is 22.5 Å². The van der Waals surface area contributed by atoms with Gasteiger partial charge in [-0.1, -0.05) is 50.1 Å². The fourth-order valence-electron chi connectivity index (χ4n) is 6.65. The lowest BCUT2D eigenvalue weighted by Crippen LogP contribution is -2.49. The fourth-order valence-corrected chi connectivity index (χ4v) is 6.65. The first-order valence-electron chi connectivity index (χ1n) is 18.8. The Morgan fingerprint density at radius 1 is 0.929 bits per heavy atom. The Kier molecular flexibility index (Phi) is 13.9. The molecule has 1 aliphatic heterocycles. The maximum atomic E-state index is 14.0. The van der Waals surface area contributed by atoms with Gasteiger partial charge in [0.15, 0.2) is 5.82 Å². The van der Waals surface area contributed by atoms with Crippen molar-refractivity contribution in [2.24, 2.45) is 11.5 Å². The molecule has 8 N–H and O–H groups in total. The summed E-state index contributed by atoms with van der Waals surface area (Å²) in [5.41, 5.74) is 17.3. The Morgan fingerprint density at radius 2 is 1.66 bits per heavy atom. The summed E-state index contributed by atoms with van der Waals surface area (Å²) in [6.45, 7) is 7.85. The second-order valence-electron chi connectivity index (χ2n) is 14.0. The van der Waals surface area contributed by atoms with Gasteiger partial charge in [-0.3, -0.25) is 24.0 Å². The third-order valence-electron chi connectivity index (χ3n) is 9.51. The molecule has 4 bridgehead atoms. The molecule has 5 rings (SSSR count). The minimum atomic E-state index is -1.05. The molecule has 0 spiro atoms. The van der Waals surface area contributed by atoms with E-state index in [4.69, 9.17) is 16.2 Å². The molecule has 56 heavy (non-hydrogen) atoms. The molecule has 0 saturated heterocycles. The number of nitrogens with one attached hydrogen (secondary N) is 4. The molecule has 0 fully saturated rings. The number of aryl methyl sites for hydroxylation is 3. The first-order chi connectivity index (χ1) is 26.9. The maximum Gasteiger partial charge on any atom is 0.255 e. The largest absolute Gasteiger partial charge is 0.494 e. The highest BCUT2D eigenvalue weighted by Crippen LogP contribution is 2.34. The van der Waals surface area contributed by atoms with Gasteiger partial charge in [0.1, 0.15) is 17.8 Å². The zero-order chi connectivity index (χ0) is 40.4. The van der Waals surface area contributed by atoms with Gasteiger partial charge in [-0.15, -0.1) is 0 Å². The van der Waals surface area contributed by atoms with Gasteiger partial charge < -0.3 is 37.5 Å². The number of carbonyl (C=O) groups is 5. The number of anilines is 1. The molecule has 4 aromatic rings. The van der Waals surface area contributed by atoms with Crippen LogP contribution in [0, 0.1) is 20.8 Å². The minimum Gasteiger partial charge on any atom is -0.494 e. The number of nitrogens with zero attached hydrogens (tertiary/aromatic N) is 2. The number of unbranched alkanes of at least 4 members (excludes halogenated alkanes) is 2. The zero-order valence-corrected chi connectivity index (χ0v) is 32.3. The third kappa shape index (κ3) is 10.5. The van der Waals surface area contributed by atoms with E-state index in [0.29, 0.717) is 57.3 Å². The molecule has 2 atom stereocenters. The lowest BCUT2D eigenvalue weighted by Gasteiger charge is -2.23. The Morgan fingerprint density at radius 3 is 2.34 bits per heavy atom. The highest BCUT2D eigenvalue weighted by atomic mass is 16.5. The van der Waals surface area contributed by atoms with E-state index >= 15 is 0 Å². The monoisotopic (exact) mass is 762 g/mol. The second kappa shape index (κ2) is 18.9. The molecule has 1 aliphatic rings. The number of hydrogen-bond donors (Lipinski definition) is 6. The molecule has 1 unspecified atom stereocenters. The number of aromatic nitrogens is 2. The molecule has 2 heterocycles. The summed E-state index contributed by atoms with van der Waals surface area (Å²) in [5, 5.41) is 11.0. The van der Waals surface area contributed by atoms with Crippen LogP contribution in [-0.4, -0.2) is 71.3 Å². The van der Waals surface area contributed by atoms with Gasteiger partial charge in [-0.25, -0.2) is 9.97 Å². The van der Waals surface area contributed by atoms with Crippen LogP contribution in [-0.2, 0) is 32.0 Å². The number of hydrogen-bond acceptors (Lipinski definition) is 9. The lowest BCUT2D eigenvalue weighted by atomic mass is 9.93. The van der Waals surface area contributed by atoms with Crippen LogP contribution in [0.3, 0.4) is 0 Å². The SMILES string of the molecule is CCCCCOc1ccc(-c2nc(C)c(C(=O)N[C@@H](CCN)C(=O)Nc3c(C)cc4cc3-c3cccc(c3)CC(=O)NCC(=O)NC(C(N)=O)C4)c(C)n2)cc1. The Balaban J connectivity index is 1.40. The van der Waals surface area contributed by atoms with Gasteiger partial charge in [0.2, 0.25) is 23.6 Å². The van der Waals surface area contributed by atoms with E-state index in [0.717, 1.165) is 30.6 Å². The van der Waals surface area contributed by atoms with Crippen molar-refractivity contribution in [2.75, 3.05) is 25.0 Å². The summed E-state index contributed by atoms with van der Waals surface area (Å²) >= 11 is 0. The molecule has 1 aromatic heterocycles. The molecule has 0 aliphatic carbocycles. The summed E-state index contributed by atoms with van der Waals surface area (Å²) in [7, 11) is 0. The topological polar surface area (TPSA) is 221 Å². The normalized spacial score (nSPS) is 14.8. The molecule has 14 nitrogen and oxygen atoms in total. The van der Waals surface area contributed by atoms with Gasteiger partial charge in [-0.2, -0.15) is 0 Å². The number of ether oxygens (including phenoxy) is 1. The van der Waals surface area contributed by atoms with Crippen molar-refractivity contribution in [3.8, 4) is 28.3 Å². The Hall–Kier alpha value is -6.15. The van der Waals surface area contributed by atoms with Gasteiger partial charge in [-0.05, 0) is 92.7 Å². The number of primary amides is 1. The molecular formula is C42H50N8O6. The van der Waals surface area contributed by atoms with Crippen LogP contribution in [0.1, 0.15) is 71.0 Å². The lowest BCUT2D eigenvalue weighted by molar-refractivity contribution is -0.128. The summed E-state index contributed by atoms with van der Waals surface area (Å²) in [4.78, 5) is 74.7. The highest BCUT2D eigenvalue weighted by Gasteiger charge is 2.27. The number of carbonyl (C=O) groups excluding carboxylic acids is 5. The molecule has 0 saturated carbocycles. The molecule has 5 amide bonds. The van der Waals surface area contributed by atoms with Crippen molar-refractivity contribution in [2.45, 2.75) is 78.3 Å². The van der Waals surface area contributed by atoms with Crippen molar-refractivity contribution in [1.82, 2.24) is 25.9 Å². The molecular weight excluding hydrogens is 713 g/mol. The number of fused-ring (bicyclic) bond motifs is 5. The molecule has 14 heteroatoms. The first-order valence-corrected chi connectivity index (χ1v) is 18.8. The van der Waals surface area contributed by atoms with Crippen molar-refractivity contribution in [3.63, 3.8) is 0 Å². The standard InChI is InChI=1S/C42H50N8O6/c1-5-6-7-17-56-31-13-11-29(12-14-31)40-46-25(3)37(26(4)47-40)42(55)49-33(15-16-43)41(54)50-38-24(2)18-28-20-32(38)30-10-8-9-27(19-30)22-35(51)45-23-36(52)48-34(21-28)39(44)53/h8-14,18-20,33-34H,5-7,15-17,21-23,43H2,1-4H3,(H2,44,53)(H,45,51)(H,48,52)(H,49,55)(H,50,54)/t33-,34?/m0/s1. The van der Waals surface area contributed by atoms with Crippen LogP contribution in [0.15, 0.2) is 60.7 Å². The van der Waals surface area contributed by atoms with Crippen molar-refractivity contribution >= 4 is 35.2 Å². The van der Waals surface area contributed by atoms with E-state index in [9.17, 15) is 24.0 Å². The van der Waals surface area contributed by atoms with Crippen LogP contribution in [0.2, 0.25) is 0 Å². The van der Waals surface area contributed by atoms with E-state index < -0.39 is 35.7 Å². The predicted octanol–water partition coefficient (Wildman–Crippen LogP) is 3.58. The number of amides is 5. The van der Waals surface area contributed by atoms with Gasteiger partial charge in [0, 0.05) is 17.5 Å². The Bertz CT molecular complexity index is 2080. The molecule has 294 valence electrons. The Labute approximate surface area is 326 Å². The number of rotatable bonds is 13. The smallest absolute Gasteiger partial charge is 0.255 e. The highest BCUT2D eigenvalue weighted by molar-refractivity contribution is 6.04. The fraction of sp³-hybridized carbons (Fsp3) is 0.357. The summed E-state index contributed by atoms with van der Waals surface area (Å²) in [5.74, 6) is -1.47. The second-order valence-corrected chi connectivity index (χ2v) is 14.0. The van der Waals surface area contributed by atoms with Crippen LogP contribution < -0.4 is 37.5 Å². The number of benzene rings is 3. The summed E-state index contributed by atoms with van der Waals surface area (Å²) in [6, 6.07) is 16.3. The van der Waals surface area contributed by atoms with E-state index in [2.05, 4.69) is 38.2 Å². The summed E-state index contributed by atoms with van der Waals surface area (Å²) < 4.78 is 5.83. The average molecular weight is 763 g/mol. The van der Waals surface area contributed by atoms with E-state index in [1.807, 2.05) is 42.5 Å². The minimum absolute atomic E-state index is 0.00466. The van der Waals surface area contributed by atoms with E-state index in [1.165, 1.54) is 0 Å². The number of nitrogens with two attached hydrogens (primary N) is 2. The third-order valence-corrected chi connectivity index (χ3v) is 9.51. The maximum absolute atomic E-state index is 14.0. The van der Waals surface area contributed by atoms with E-state index in [1.54, 1.807) is 39.0 Å². The zero-order valence-electron chi connectivity index (χ0n) is 32.3. The van der Waals surface area contributed by atoms with E-state index in [-0.39, 0.29) is 43.8 Å². The first kappa shape index (κ1) is 41.0. The van der Waals surface area contributed by atoms with Crippen LogP contribution in [0.4, 0.5) is 5.69 Å². The van der Waals surface area contributed by atoms with Crippen LogP contribution in [0.5, 0.6) is 5.75 Å². The average Bonchev–Trinajstić information content (AvgIpc) is 3.16. The van der Waals surface area contributed by atoms with Crippen molar-refractivity contribution in [1.29, 1.82) is 0 Å². The van der Waals surface area contributed by atoms with Gasteiger partial charge in [0.05, 0.1) is 42.2 Å².